The van der Waals surface area contributed by atoms with Crippen molar-refractivity contribution in [3.63, 3.8) is 0 Å². The van der Waals surface area contributed by atoms with E-state index in [1.165, 1.54) is 4.90 Å². The van der Waals surface area contributed by atoms with Crippen LogP contribution in [0.3, 0.4) is 0 Å². The molecule has 0 bridgehead atoms. The molecule has 20 heavy (non-hydrogen) atoms. The Morgan fingerprint density at radius 3 is 2.50 bits per heavy atom. The average molecular weight is 281 g/mol. The second kappa shape index (κ2) is 7.07. The summed E-state index contributed by atoms with van der Waals surface area (Å²) in [7, 11) is 1.61. The molecule has 0 atom stereocenters. The summed E-state index contributed by atoms with van der Waals surface area (Å²) in [5, 5.41) is 13.0. The van der Waals surface area contributed by atoms with Crippen LogP contribution < -0.4 is 0 Å². The smallest absolute Gasteiger partial charge is 0.305 e. The van der Waals surface area contributed by atoms with Gasteiger partial charge in [0.05, 0.1) is 24.2 Å². The average Bonchev–Trinajstić information content (AvgIpc) is 2.79. The maximum Gasteiger partial charge on any atom is 0.305 e. The number of aromatic nitrogens is 2. The summed E-state index contributed by atoms with van der Waals surface area (Å²) in [4.78, 5) is 24.2. The van der Waals surface area contributed by atoms with E-state index in [9.17, 15) is 9.59 Å². The van der Waals surface area contributed by atoms with Crippen molar-refractivity contribution in [2.75, 3.05) is 13.6 Å². The molecule has 6 nitrogen and oxygen atoms in total. The molecular formula is C14H23N3O3. The molecule has 1 rings (SSSR count). The first kappa shape index (κ1) is 16.2. The molecule has 0 saturated heterocycles. The van der Waals surface area contributed by atoms with E-state index in [-0.39, 0.29) is 18.9 Å². The Balaban J connectivity index is 2.86. The Kier molecular flexibility index (Phi) is 5.73. The fraction of sp³-hybridized carbons (Fsp3) is 0.643. The standard InChI is InChI=1S/C14H23N3O3/c1-5-11(6-2)17-10(3)12(9-15-17)14(20)16(4)8-7-13(18)19/h9,11H,5-8H2,1-4H3,(H,18,19). The quantitative estimate of drug-likeness (QED) is 0.830. The van der Waals surface area contributed by atoms with Gasteiger partial charge in [-0.25, -0.2) is 0 Å². The van der Waals surface area contributed by atoms with Gasteiger partial charge in [-0.15, -0.1) is 0 Å². The van der Waals surface area contributed by atoms with E-state index >= 15 is 0 Å². The molecule has 0 aliphatic carbocycles. The van der Waals surface area contributed by atoms with Crippen LogP contribution in [-0.4, -0.2) is 45.3 Å². The number of carbonyl (C=O) groups excluding carboxylic acids is 1. The number of amides is 1. The van der Waals surface area contributed by atoms with Crippen molar-refractivity contribution >= 4 is 11.9 Å². The van der Waals surface area contributed by atoms with Crippen LogP contribution in [-0.2, 0) is 4.79 Å². The van der Waals surface area contributed by atoms with E-state index < -0.39 is 5.97 Å². The predicted octanol–water partition coefficient (Wildman–Crippen LogP) is 2.10. The van der Waals surface area contributed by atoms with Crippen molar-refractivity contribution in [3.8, 4) is 0 Å². The molecule has 0 unspecified atom stereocenters. The molecule has 0 spiro atoms. The minimum atomic E-state index is -0.908. The van der Waals surface area contributed by atoms with Crippen LogP contribution in [0.15, 0.2) is 6.20 Å². The third kappa shape index (κ3) is 3.59. The Hall–Kier alpha value is -1.85. The van der Waals surface area contributed by atoms with Crippen LogP contribution in [0.25, 0.3) is 0 Å². The van der Waals surface area contributed by atoms with Gasteiger partial charge < -0.3 is 10.0 Å². The van der Waals surface area contributed by atoms with Crippen LogP contribution in [0.4, 0.5) is 0 Å². The summed E-state index contributed by atoms with van der Waals surface area (Å²) in [6.45, 7) is 6.26. The number of hydrogen-bond acceptors (Lipinski definition) is 3. The lowest BCUT2D eigenvalue weighted by Crippen LogP contribution is -2.29. The van der Waals surface area contributed by atoms with Crippen LogP contribution in [0.5, 0.6) is 0 Å². The number of rotatable bonds is 7. The maximum atomic E-state index is 12.3. The highest BCUT2D eigenvalue weighted by Crippen LogP contribution is 2.20. The SMILES string of the molecule is CCC(CC)n1ncc(C(=O)N(C)CCC(=O)O)c1C. The molecule has 0 aliphatic heterocycles. The van der Waals surface area contributed by atoms with Gasteiger partial charge in [0.15, 0.2) is 0 Å². The van der Waals surface area contributed by atoms with Crippen LogP contribution in [0, 0.1) is 6.92 Å². The van der Waals surface area contributed by atoms with Gasteiger partial charge in [-0.2, -0.15) is 5.10 Å². The number of aliphatic carboxylic acids is 1. The number of nitrogens with zero attached hydrogens (tertiary/aromatic N) is 3. The molecule has 0 aromatic carbocycles. The first-order chi connectivity index (χ1) is 9.42. The van der Waals surface area contributed by atoms with Gasteiger partial charge in [0.2, 0.25) is 0 Å². The molecule has 1 aromatic rings. The maximum absolute atomic E-state index is 12.3. The van der Waals surface area contributed by atoms with Gasteiger partial charge >= 0.3 is 5.97 Å². The molecule has 0 aliphatic rings. The summed E-state index contributed by atoms with van der Waals surface area (Å²) < 4.78 is 1.89. The highest BCUT2D eigenvalue weighted by molar-refractivity contribution is 5.95. The van der Waals surface area contributed by atoms with E-state index in [1.54, 1.807) is 13.2 Å². The number of carbonyl (C=O) groups is 2. The van der Waals surface area contributed by atoms with Crippen molar-refractivity contribution in [3.05, 3.63) is 17.5 Å². The summed E-state index contributed by atoms with van der Waals surface area (Å²) in [5.41, 5.74) is 1.38. The highest BCUT2D eigenvalue weighted by Gasteiger charge is 2.20. The van der Waals surface area contributed by atoms with Gasteiger partial charge in [-0.3, -0.25) is 14.3 Å². The van der Waals surface area contributed by atoms with Crippen LogP contribution in [0.1, 0.15) is 55.2 Å². The number of hydrogen-bond donors (Lipinski definition) is 1. The normalized spacial score (nSPS) is 10.8. The zero-order valence-corrected chi connectivity index (χ0v) is 12.6. The van der Waals surface area contributed by atoms with E-state index in [0.717, 1.165) is 18.5 Å². The summed E-state index contributed by atoms with van der Waals surface area (Å²) in [5.74, 6) is -1.09. The van der Waals surface area contributed by atoms with Crippen molar-refractivity contribution in [1.82, 2.24) is 14.7 Å². The van der Waals surface area contributed by atoms with Gasteiger partial charge in [-0.1, -0.05) is 13.8 Å². The Bertz CT molecular complexity index is 478. The van der Waals surface area contributed by atoms with Gasteiger partial charge in [0.25, 0.3) is 5.91 Å². The van der Waals surface area contributed by atoms with E-state index in [0.29, 0.717) is 11.6 Å². The van der Waals surface area contributed by atoms with E-state index in [4.69, 9.17) is 5.11 Å². The summed E-state index contributed by atoms with van der Waals surface area (Å²) in [6.07, 6.45) is 3.44. The molecule has 6 heteroatoms. The van der Waals surface area contributed by atoms with Crippen LogP contribution in [0.2, 0.25) is 0 Å². The Labute approximate surface area is 119 Å². The highest BCUT2D eigenvalue weighted by atomic mass is 16.4. The van der Waals surface area contributed by atoms with Gasteiger partial charge in [0, 0.05) is 19.3 Å². The molecule has 1 N–H and O–H groups in total. The second-order valence-corrected chi connectivity index (χ2v) is 4.93. The Morgan fingerprint density at radius 2 is 2.00 bits per heavy atom. The van der Waals surface area contributed by atoms with Gasteiger partial charge in [0.1, 0.15) is 0 Å². The zero-order valence-electron chi connectivity index (χ0n) is 12.6. The minimum Gasteiger partial charge on any atom is -0.481 e. The first-order valence-electron chi connectivity index (χ1n) is 6.93. The molecule has 112 valence electrons. The first-order valence-corrected chi connectivity index (χ1v) is 6.93. The molecule has 1 heterocycles. The summed E-state index contributed by atoms with van der Waals surface area (Å²) >= 11 is 0. The number of carboxylic acids is 1. The van der Waals surface area contributed by atoms with E-state index in [2.05, 4.69) is 18.9 Å². The van der Waals surface area contributed by atoms with Crippen molar-refractivity contribution in [1.29, 1.82) is 0 Å². The molecule has 0 radical (unpaired) electrons. The fourth-order valence-electron chi connectivity index (χ4n) is 2.21. The van der Waals surface area contributed by atoms with Crippen molar-refractivity contribution in [2.24, 2.45) is 0 Å². The molecular weight excluding hydrogens is 258 g/mol. The van der Waals surface area contributed by atoms with Crippen molar-refractivity contribution < 1.29 is 14.7 Å². The summed E-state index contributed by atoms with van der Waals surface area (Å²) in [6, 6.07) is 0.292. The van der Waals surface area contributed by atoms with Crippen LogP contribution >= 0.6 is 0 Å². The Morgan fingerprint density at radius 1 is 1.40 bits per heavy atom. The predicted molar refractivity (Wildman–Crippen MR) is 75.8 cm³/mol. The molecule has 1 amide bonds. The molecule has 1 aromatic heterocycles. The lowest BCUT2D eigenvalue weighted by atomic mass is 10.1. The zero-order chi connectivity index (χ0) is 15.3. The minimum absolute atomic E-state index is 0.0536. The topological polar surface area (TPSA) is 75.4 Å². The fourth-order valence-corrected chi connectivity index (χ4v) is 2.21. The number of carboxylic acid groups (broad SMARTS) is 1. The second-order valence-electron chi connectivity index (χ2n) is 4.93. The largest absolute Gasteiger partial charge is 0.481 e. The third-order valence-electron chi connectivity index (χ3n) is 3.57. The third-order valence-corrected chi connectivity index (χ3v) is 3.57. The lowest BCUT2D eigenvalue weighted by Gasteiger charge is -2.17. The van der Waals surface area contributed by atoms with Crippen molar-refractivity contribution in [2.45, 2.75) is 46.1 Å². The molecule has 0 fully saturated rings. The lowest BCUT2D eigenvalue weighted by molar-refractivity contribution is -0.137. The monoisotopic (exact) mass is 281 g/mol. The van der Waals surface area contributed by atoms with Gasteiger partial charge in [-0.05, 0) is 19.8 Å². The molecule has 0 saturated carbocycles. The van der Waals surface area contributed by atoms with E-state index in [1.807, 2.05) is 11.6 Å².